The molecule has 0 aromatic carbocycles. The molecule has 2 heterocycles. The largest absolute Gasteiger partial charge is 0.297 e. The number of halogens is 1. The second kappa shape index (κ2) is 4.92. The van der Waals surface area contributed by atoms with Gasteiger partial charge in [-0.2, -0.15) is 4.39 Å². The first-order valence-electron chi connectivity index (χ1n) is 4.89. The molecule has 0 aliphatic rings. The molecular formula is C11H10FN3OS. The minimum absolute atomic E-state index is 0.221. The summed E-state index contributed by atoms with van der Waals surface area (Å²) >= 11 is 1.37. The number of aromatic nitrogens is 1. The Morgan fingerprint density at radius 2 is 2.24 bits per heavy atom. The van der Waals surface area contributed by atoms with Crippen molar-refractivity contribution in [3.63, 3.8) is 0 Å². The number of aryl methyl sites for hydroxylation is 1. The summed E-state index contributed by atoms with van der Waals surface area (Å²) in [6, 6.07) is 4.58. The number of nitrogens with zero attached hydrogens (tertiary/aromatic N) is 1. The number of hydrazine groups is 1. The molecule has 2 aromatic rings. The standard InChI is InChI=1S/C11H10FN3OS/c1-7-4-5-17-10(7)11(16)15-14-8-2-3-9(12)13-6-8/h2-6,14H,1H3,(H,15,16). The summed E-state index contributed by atoms with van der Waals surface area (Å²) in [6.45, 7) is 1.87. The van der Waals surface area contributed by atoms with Crippen molar-refractivity contribution in [2.45, 2.75) is 6.92 Å². The number of hydrogen-bond donors (Lipinski definition) is 2. The summed E-state index contributed by atoms with van der Waals surface area (Å²) in [6.07, 6.45) is 1.30. The molecule has 0 aliphatic carbocycles. The molecule has 17 heavy (non-hydrogen) atoms. The molecule has 0 radical (unpaired) electrons. The number of carbonyl (C=O) groups excluding carboxylic acids is 1. The van der Waals surface area contributed by atoms with E-state index in [1.807, 2.05) is 18.4 Å². The topological polar surface area (TPSA) is 54.0 Å². The first-order chi connectivity index (χ1) is 8.16. The lowest BCUT2D eigenvalue weighted by Gasteiger charge is -2.07. The molecule has 88 valence electrons. The van der Waals surface area contributed by atoms with Gasteiger partial charge in [-0.15, -0.1) is 11.3 Å². The summed E-state index contributed by atoms with van der Waals surface area (Å²) in [5.74, 6) is -0.780. The molecule has 0 saturated carbocycles. The van der Waals surface area contributed by atoms with Crippen LogP contribution in [0.5, 0.6) is 0 Å². The van der Waals surface area contributed by atoms with Crippen LogP contribution in [0.4, 0.5) is 10.1 Å². The maximum Gasteiger partial charge on any atom is 0.279 e. The number of thiophene rings is 1. The summed E-state index contributed by atoms with van der Waals surface area (Å²) in [5, 5.41) is 1.85. The lowest BCUT2D eigenvalue weighted by Crippen LogP contribution is -2.29. The Morgan fingerprint density at radius 1 is 1.41 bits per heavy atom. The molecule has 0 spiro atoms. The SMILES string of the molecule is Cc1ccsc1C(=O)NNc1ccc(F)nc1. The van der Waals surface area contributed by atoms with Gasteiger partial charge < -0.3 is 0 Å². The second-order valence-corrected chi connectivity index (χ2v) is 4.30. The molecule has 2 aromatic heterocycles. The van der Waals surface area contributed by atoms with Crippen LogP contribution in [0.2, 0.25) is 0 Å². The first-order valence-corrected chi connectivity index (χ1v) is 5.77. The smallest absolute Gasteiger partial charge is 0.279 e. The van der Waals surface area contributed by atoms with Crippen LogP contribution >= 0.6 is 11.3 Å². The van der Waals surface area contributed by atoms with Crippen molar-refractivity contribution in [2.24, 2.45) is 0 Å². The van der Waals surface area contributed by atoms with E-state index in [4.69, 9.17) is 0 Å². The van der Waals surface area contributed by atoms with E-state index in [1.54, 1.807) is 0 Å². The molecule has 0 aliphatic heterocycles. The molecule has 1 amide bonds. The lowest BCUT2D eigenvalue weighted by molar-refractivity contribution is 0.0966. The van der Waals surface area contributed by atoms with Crippen LogP contribution in [0.1, 0.15) is 15.2 Å². The fraction of sp³-hybridized carbons (Fsp3) is 0.0909. The number of carbonyl (C=O) groups is 1. The van der Waals surface area contributed by atoms with Gasteiger partial charge in [-0.05, 0) is 36.1 Å². The molecular weight excluding hydrogens is 241 g/mol. The van der Waals surface area contributed by atoms with Crippen molar-refractivity contribution in [3.05, 3.63) is 46.2 Å². The highest BCUT2D eigenvalue weighted by Crippen LogP contribution is 2.15. The van der Waals surface area contributed by atoms with Crippen LogP contribution in [0.15, 0.2) is 29.8 Å². The third-order valence-electron chi connectivity index (χ3n) is 2.12. The highest BCUT2D eigenvalue weighted by atomic mass is 32.1. The molecule has 2 rings (SSSR count). The summed E-state index contributed by atoms with van der Waals surface area (Å²) in [7, 11) is 0. The highest BCUT2D eigenvalue weighted by molar-refractivity contribution is 7.12. The van der Waals surface area contributed by atoms with Gasteiger partial charge in [-0.3, -0.25) is 15.6 Å². The maximum atomic E-state index is 12.5. The van der Waals surface area contributed by atoms with Crippen molar-refractivity contribution in [1.29, 1.82) is 0 Å². The van der Waals surface area contributed by atoms with Gasteiger partial charge in [0.05, 0.1) is 16.8 Å². The van der Waals surface area contributed by atoms with E-state index in [0.717, 1.165) is 5.56 Å². The van der Waals surface area contributed by atoms with Crippen LogP contribution in [-0.2, 0) is 0 Å². The normalized spacial score (nSPS) is 10.0. The summed E-state index contributed by atoms with van der Waals surface area (Å²) in [4.78, 5) is 15.8. The molecule has 0 unspecified atom stereocenters. The van der Waals surface area contributed by atoms with E-state index >= 15 is 0 Å². The van der Waals surface area contributed by atoms with Gasteiger partial charge in [-0.1, -0.05) is 0 Å². The second-order valence-electron chi connectivity index (χ2n) is 3.38. The molecule has 0 atom stereocenters. The number of amides is 1. The van der Waals surface area contributed by atoms with Crippen LogP contribution in [0.25, 0.3) is 0 Å². The van der Waals surface area contributed by atoms with Crippen LogP contribution in [0.3, 0.4) is 0 Å². The molecule has 4 nitrogen and oxygen atoms in total. The van der Waals surface area contributed by atoms with Crippen molar-refractivity contribution in [1.82, 2.24) is 10.4 Å². The van der Waals surface area contributed by atoms with Gasteiger partial charge in [0.2, 0.25) is 5.95 Å². The molecule has 0 bridgehead atoms. The van der Waals surface area contributed by atoms with Crippen molar-refractivity contribution >= 4 is 22.9 Å². The third kappa shape index (κ3) is 2.79. The zero-order valence-corrected chi connectivity index (χ0v) is 9.84. The molecule has 0 fully saturated rings. The van der Waals surface area contributed by atoms with E-state index in [9.17, 15) is 9.18 Å². The van der Waals surface area contributed by atoms with Gasteiger partial charge in [0.15, 0.2) is 0 Å². The molecule has 6 heteroatoms. The van der Waals surface area contributed by atoms with Crippen molar-refractivity contribution in [2.75, 3.05) is 5.43 Å². The predicted octanol–water partition coefficient (Wildman–Crippen LogP) is 2.35. The van der Waals surface area contributed by atoms with Crippen LogP contribution in [0, 0.1) is 12.9 Å². The number of hydrogen-bond acceptors (Lipinski definition) is 4. The van der Waals surface area contributed by atoms with Gasteiger partial charge in [0, 0.05) is 0 Å². The summed E-state index contributed by atoms with van der Waals surface area (Å²) < 4.78 is 12.5. The van der Waals surface area contributed by atoms with Crippen LogP contribution in [-0.4, -0.2) is 10.9 Å². The fourth-order valence-electron chi connectivity index (χ4n) is 1.24. The average Bonchev–Trinajstić information content (AvgIpc) is 2.74. The Kier molecular flexibility index (Phi) is 3.34. The number of rotatable bonds is 3. The Hall–Kier alpha value is -1.95. The molecule has 0 saturated heterocycles. The van der Waals surface area contributed by atoms with E-state index in [1.165, 1.54) is 29.7 Å². The fourth-order valence-corrected chi connectivity index (χ4v) is 2.06. The van der Waals surface area contributed by atoms with Crippen LogP contribution < -0.4 is 10.9 Å². The van der Waals surface area contributed by atoms with E-state index in [-0.39, 0.29) is 5.91 Å². The Labute approximate surface area is 101 Å². The summed E-state index contributed by atoms with van der Waals surface area (Å²) in [5.41, 5.74) is 6.63. The average molecular weight is 251 g/mol. The van der Waals surface area contributed by atoms with Gasteiger partial charge in [-0.25, -0.2) is 4.98 Å². The van der Waals surface area contributed by atoms with E-state index < -0.39 is 5.95 Å². The monoisotopic (exact) mass is 251 g/mol. The minimum Gasteiger partial charge on any atom is -0.297 e. The Bertz CT molecular complexity index is 524. The van der Waals surface area contributed by atoms with E-state index in [0.29, 0.717) is 10.6 Å². The van der Waals surface area contributed by atoms with Gasteiger partial charge in [0.25, 0.3) is 5.91 Å². The van der Waals surface area contributed by atoms with Crippen molar-refractivity contribution in [3.8, 4) is 0 Å². The number of anilines is 1. The third-order valence-corrected chi connectivity index (χ3v) is 3.13. The van der Waals surface area contributed by atoms with E-state index in [2.05, 4.69) is 15.8 Å². The number of nitrogens with one attached hydrogen (secondary N) is 2. The predicted molar refractivity (Wildman–Crippen MR) is 64.3 cm³/mol. The Balaban J connectivity index is 1.97. The minimum atomic E-state index is -0.559. The number of pyridine rings is 1. The quantitative estimate of drug-likeness (QED) is 0.650. The first kappa shape index (κ1) is 11.5. The maximum absolute atomic E-state index is 12.5. The highest BCUT2D eigenvalue weighted by Gasteiger charge is 2.09. The Morgan fingerprint density at radius 3 is 2.82 bits per heavy atom. The van der Waals surface area contributed by atoms with Crippen molar-refractivity contribution < 1.29 is 9.18 Å². The zero-order chi connectivity index (χ0) is 12.3. The molecule has 2 N–H and O–H groups in total. The zero-order valence-electron chi connectivity index (χ0n) is 9.03. The lowest BCUT2D eigenvalue weighted by atomic mass is 10.3. The van der Waals surface area contributed by atoms with Gasteiger partial charge in [0.1, 0.15) is 0 Å². The van der Waals surface area contributed by atoms with Gasteiger partial charge >= 0.3 is 0 Å².